The van der Waals surface area contributed by atoms with Gasteiger partial charge in [0.1, 0.15) is 22.0 Å². The summed E-state index contributed by atoms with van der Waals surface area (Å²) in [6.07, 6.45) is 0.257. The molecule has 0 fully saturated rings. The normalized spacial score (nSPS) is 11.7. The minimum atomic E-state index is -4.66. The van der Waals surface area contributed by atoms with Crippen LogP contribution < -0.4 is 10.1 Å². The highest BCUT2D eigenvalue weighted by Crippen LogP contribution is 2.41. The Balaban J connectivity index is 1.83. The zero-order chi connectivity index (χ0) is 26.7. The van der Waals surface area contributed by atoms with E-state index in [-0.39, 0.29) is 33.9 Å². The molecule has 0 aliphatic rings. The number of carbonyl (C=O) groups excluding carboxylic acids is 1. The average Bonchev–Trinajstić information content (AvgIpc) is 2.87. The Labute approximate surface area is 218 Å². The number of phenols is 1. The maximum atomic E-state index is 13.1. The number of aryl methyl sites for hydroxylation is 1. The number of azo groups is 1. The van der Waals surface area contributed by atoms with Gasteiger partial charge in [0.25, 0.3) is 16.0 Å². The summed E-state index contributed by atoms with van der Waals surface area (Å²) in [7, 11) is -3.13. The fourth-order valence-corrected chi connectivity index (χ4v) is 4.97. The summed E-state index contributed by atoms with van der Waals surface area (Å²) >= 11 is 6.13. The zero-order valence-electron chi connectivity index (χ0n) is 19.8. The maximum absolute atomic E-state index is 13.1. The van der Waals surface area contributed by atoms with E-state index in [1.165, 1.54) is 25.3 Å². The number of halogens is 1. The molecular formula is C26H22ClN3O6S. The summed E-state index contributed by atoms with van der Waals surface area (Å²) in [5.74, 6) is -0.440. The first-order valence-corrected chi connectivity index (χ1v) is 12.9. The highest BCUT2D eigenvalue weighted by molar-refractivity contribution is 7.86. The molecule has 0 aromatic heterocycles. The molecule has 0 aliphatic heterocycles. The molecule has 4 rings (SSSR count). The largest absolute Gasteiger partial charge is 0.505 e. The van der Waals surface area contributed by atoms with E-state index in [2.05, 4.69) is 15.5 Å². The van der Waals surface area contributed by atoms with Gasteiger partial charge in [0.2, 0.25) is 0 Å². The number of anilines is 1. The summed E-state index contributed by atoms with van der Waals surface area (Å²) in [5.41, 5.74) is 0.399. The van der Waals surface area contributed by atoms with E-state index in [9.17, 15) is 22.9 Å². The van der Waals surface area contributed by atoms with Gasteiger partial charge in [0.15, 0.2) is 5.75 Å². The van der Waals surface area contributed by atoms with E-state index < -0.39 is 26.7 Å². The fraction of sp³-hybridized carbons (Fsp3) is 0.115. The van der Waals surface area contributed by atoms with E-state index in [1.807, 2.05) is 0 Å². The van der Waals surface area contributed by atoms with Crippen molar-refractivity contribution in [3.05, 3.63) is 82.9 Å². The number of phenolic OH excluding ortho intramolecular Hbond substituents is 1. The minimum Gasteiger partial charge on any atom is -0.505 e. The maximum Gasteiger partial charge on any atom is 0.297 e. The molecule has 0 saturated heterocycles. The third-order valence-electron chi connectivity index (χ3n) is 5.60. The number of hydrogen-bond donors (Lipinski definition) is 3. The van der Waals surface area contributed by atoms with Gasteiger partial charge in [-0.2, -0.15) is 8.42 Å². The van der Waals surface area contributed by atoms with Crippen LogP contribution in [-0.4, -0.2) is 31.1 Å². The van der Waals surface area contributed by atoms with Crippen molar-refractivity contribution >= 4 is 55.5 Å². The highest BCUT2D eigenvalue weighted by atomic mass is 35.5. The molecule has 0 radical (unpaired) electrons. The lowest BCUT2D eigenvalue weighted by Crippen LogP contribution is -2.12. The van der Waals surface area contributed by atoms with Gasteiger partial charge >= 0.3 is 0 Å². The second-order valence-corrected chi connectivity index (χ2v) is 9.76. The Morgan fingerprint density at radius 1 is 1.05 bits per heavy atom. The second kappa shape index (κ2) is 10.6. The summed E-state index contributed by atoms with van der Waals surface area (Å²) in [5, 5.41) is 23.1. The minimum absolute atomic E-state index is 0.0581. The molecule has 0 saturated carbocycles. The van der Waals surface area contributed by atoms with Gasteiger partial charge in [0.05, 0.1) is 12.7 Å². The third kappa shape index (κ3) is 5.56. The second-order valence-electron chi connectivity index (χ2n) is 7.97. The number of nitrogens with zero attached hydrogens (tertiary/aromatic N) is 2. The van der Waals surface area contributed by atoms with Crippen LogP contribution in [0.3, 0.4) is 0 Å². The average molecular weight is 540 g/mol. The van der Waals surface area contributed by atoms with Crippen molar-refractivity contribution in [1.29, 1.82) is 0 Å². The molecule has 37 heavy (non-hydrogen) atoms. The quantitative estimate of drug-likeness (QED) is 0.177. The van der Waals surface area contributed by atoms with Crippen LogP contribution in [0.15, 0.2) is 81.9 Å². The molecule has 0 heterocycles. The van der Waals surface area contributed by atoms with Crippen molar-refractivity contribution in [2.75, 3.05) is 12.4 Å². The number of carbonyl (C=O) groups is 1. The van der Waals surface area contributed by atoms with Crippen LogP contribution in [0, 0.1) is 0 Å². The molecule has 3 N–H and O–H groups in total. The van der Waals surface area contributed by atoms with Crippen molar-refractivity contribution in [3.8, 4) is 11.5 Å². The predicted octanol–water partition coefficient (Wildman–Crippen LogP) is 6.68. The van der Waals surface area contributed by atoms with E-state index in [0.717, 1.165) is 0 Å². The van der Waals surface area contributed by atoms with Crippen LogP contribution in [0.2, 0.25) is 5.02 Å². The number of hydrogen-bond acceptors (Lipinski definition) is 7. The Kier molecular flexibility index (Phi) is 7.44. The smallest absolute Gasteiger partial charge is 0.297 e. The number of rotatable bonds is 7. The van der Waals surface area contributed by atoms with E-state index in [4.69, 9.17) is 16.3 Å². The number of benzene rings is 4. The van der Waals surface area contributed by atoms with E-state index >= 15 is 0 Å². The number of ether oxygens (including phenoxy) is 1. The summed E-state index contributed by atoms with van der Waals surface area (Å²) < 4.78 is 39.1. The summed E-state index contributed by atoms with van der Waals surface area (Å²) in [4.78, 5) is 12.6. The topological polar surface area (TPSA) is 138 Å². The molecular weight excluding hydrogens is 518 g/mol. The van der Waals surface area contributed by atoms with Gasteiger partial charge in [-0.3, -0.25) is 9.35 Å². The van der Waals surface area contributed by atoms with Crippen molar-refractivity contribution in [2.45, 2.75) is 18.2 Å². The van der Waals surface area contributed by atoms with Crippen LogP contribution in [-0.2, 0) is 16.5 Å². The Bertz CT molecular complexity index is 1640. The lowest BCUT2D eigenvalue weighted by atomic mass is 10.0. The van der Waals surface area contributed by atoms with Gasteiger partial charge in [-0.05, 0) is 59.8 Å². The first-order chi connectivity index (χ1) is 17.6. The molecule has 4 aromatic carbocycles. The Morgan fingerprint density at radius 2 is 1.76 bits per heavy atom. The van der Waals surface area contributed by atoms with Crippen molar-refractivity contribution in [2.24, 2.45) is 10.2 Å². The molecule has 0 unspecified atom stereocenters. The van der Waals surface area contributed by atoms with E-state index in [1.54, 1.807) is 55.5 Å². The van der Waals surface area contributed by atoms with Crippen molar-refractivity contribution < 1.29 is 27.6 Å². The van der Waals surface area contributed by atoms with Gasteiger partial charge in [-0.15, -0.1) is 10.2 Å². The number of amides is 1. The highest BCUT2D eigenvalue weighted by Gasteiger charge is 2.22. The molecule has 0 bridgehead atoms. The van der Waals surface area contributed by atoms with Crippen LogP contribution in [0.25, 0.3) is 10.8 Å². The molecule has 0 spiro atoms. The Hall–Kier alpha value is -3.99. The molecule has 0 aliphatic carbocycles. The molecule has 0 atom stereocenters. The predicted molar refractivity (Wildman–Crippen MR) is 141 cm³/mol. The summed E-state index contributed by atoms with van der Waals surface area (Å²) in [6.45, 7) is 1.70. The van der Waals surface area contributed by atoms with Crippen LogP contribution in [0.4, 0.5) is 17.1 Å². The number of fused-ring (bicyclic) bond motifs is 1. The molecule has 190 valence electrons. The molecule has 1 amide bonds. The lowest BCUT2D eigenvalue weighted by molar-refractivity contribution is 0.102. The molecule has 9 nitrogen and oxygen atoms in total. The number of aromatic hydroxyl groups is 1. The van der Waals surface area contributed by atoms with Gasteiger partial charge in [-0.1, -0.05) is 42.8 Å². The van der Waals surface area contributed by atoms with Gasteiger partial charge in [0, 0.05) is 16.1 Å². The molecule has 11 heteroatoms. The SMILES string of the molecule is CCc1cc(Cl)cc(N=Nc2c(O)c(C(=O)Nc3ccc(OC)cc3)cc3ccccc23)c1S(=O)(=O)O. The zero-order valence-corrected chi connectivity index (χ0v) is 21.3. The van der Waals surface area contributed by atoms with Crippen LogP contribution in [0.5, 0.6) is 11.5 Å². The van der Waals surface area contributed by atoms with Gasteiger partial charge < -0.3 is 15.2 Å². The van der Waals surface area contributed by atoms with Crippen molar-refractivity contribution in [1.82, 2.24) is 0 Å². The Morgan fingerprint density at radius 3 is 2.41 bits per heavy atom. The summed E-state index contributed by atoms with van der Waals surface area (Å²) in [6, 6.07) is 17.7. The first-order valence-electron chi connectivity index (χ1n) is 11.0. The van der Waals surface area contributed by atoms with E-state index in [0.29, 0.717) is 22.2 Å². The van der Waals surface area contributed by atoms with Crippen LogP contribution in [0.1, 0.15) is 22.8 Å². The number of methoxy groups -OCH3 is 1. The van der Waals surface area contributed by atoms with Crippen molar-refractivity contribution in [3.63, 3.8) is 0 Å². The van der Waals surface area contributed by atoms with Crippen LogP contribution >= 0.6 is 11.6 Å². The number of nitrogens with one attached hydrogen (secondary N) is 1. The standard InChI is InChI=1S/C26H22ClN3O6S/c1-3-15-12-17(27)14-22(25(15)37(33,34)35)29-30-23-20-7-5-4-6-16(20)13-21(24(23)31)26(32)28-18-8-10-19(36-2)11-9-18/h4-14,31H,3H2,1-2H3,(H,28,32)(H,33,34,35). The monoisotopic (exact) mass is 539 g/mol. The lowest BCUT2D eigenvalue weighted by Gasteiger charge is -2.12. The third-order valence-corrected chi connectivity index (χ3v) is 6.80. The molecule has 4 aromatic rings. The van der Waals surface area contributed by atoms with Gasteiger partial charge in [-0.25, -0.2) is 0 Å². The first kappa shape index (κ1) is 26.1. The fourth-order valence-electron chi connectivity index (χ4n) is 3.84.